The van der Waals surface area contributed by atoms with E-state index < -0.39 is 11.9 Å². The number of aliphatic hydroxyl groups is 1. The third-order valence-electron chi connectivity index (χ3n) is 2.61. The smallest absolute Gasteiger partial charge is 0.142 e. The number of hydrogen-bond acceptors (Lipinski definition) is 2. The van der Waals surface area contributed by atoms with Crippen LogP contribution in [0.2, 0.25) is 5.02 Å². The molecule has 2 unspecified atom stereocenters. The second-order valence-electron chi connectivity index (χ2n) is 4.37. The molecule has 2 atom stereocenters. The first-order valence-corrected chi connectivity index (χ1v) is 6.02. The monoisotopic (exact) mass is 260 g/mol. The van der Waals surface area contributed by atoms with Crippen LogP contribution in [0, 0.1) is 11.7 Å². The Bertz CT molecular complexity index is 357. The molecule has 0 amide bonds. The van der Waals surface area contributed by atoms with Crippen molar-refractivity contribution in [3.8, 4) is 0 Å². The third kappa shape index (κ3) is 4.62. The summed E-state index contributed by atoms with van der Waals surface area (Å²) in [7, 11) is 1.63. The largest absolute Gasteiger partial charge is 0.393 e. The summed E-state index contributed by atoms with van der Waals surface area (Å²) < 4.78 is 18.2. The van der Waals surface area contributed by atoms with Gasteiger partial charge in [0.2, 0.25) is 0 Å². The molecule has 0 heterocycles. The molecule has 0 aliphatic heterocycles. The number of hydrogen-bond donors (Lipinski definition) is 1. The Labute approximate surface area is 106 Å². The molecule has 1 N–H and O–H groups in total. The van der Waals surface area contributed by atoms with E-state index in [1.807, 2.05) is 6.92 Å². The zero-order valence-electron chi connectivity index (χ0n) is 10.1. The summed E-state index contributed by atoms with van der Waals surface area (Å²) in [6.07, 6.45) is 0.449. The van der Waals surface area contributed by atoms with Gasteiger partial charge in [-0.25, -0.2) is 4.39 Å². The Kier molecular flexibility index (Phi) is 5.89. The van der Waals surface area contributed by atoms with Gasteiger partial charge in [0.25, 0.3) is 0 Å². The Morgan fingerprint density at radius 2 is 2.18 bits per heavy atom. The van der Waals surface area contributed by atoms with Gasteiger partial charge in [-0.1, -0.05) is 30.7 Å². The van der Waals surface area contributed by atoms with E-state index in [1.165, 1.54) is 6.07 Å². The molecule has 96 valence electrons. The lowest BCUT2D eigenvalue weighted by Crippen LogP contribution is -2.17. The number of rotatable bonds is 6. The van der Waals surface area contributed by atoms with Gasteiger partial charge in [0.1, 0.15) is 5.82 Å². The average Bonchev–Trinajstić information content (AvgIpc) is 2.25. The first kappa shape index (κ1) is 14.4. The molecule has 0 spiro atoms. The molecule has 0 aliphatic rings. The van der Waals surface area contributed by atoms with E-state index in [0.29, 0.717) is 25.0 Å². The zero-order chi connectivity index (χ0) is 12.8. The maximum absolute atomic E-state index is 13.2. The van der Waals surface area contributed by atoms with Crippen LogP contribution in [-0.2, 0) is 11.2 Å². The van der Waals surface area contributed by atoms with Gasteiger partial charge in [0.05, 0.1) is 11.1 Å². The van der Waals surface area contributed by atoms with E-state index in [0.717, 1.165) is 0 Å². The van der Waals surface area contributed by atoms with Gasteiger partial charge in [-0.05, 0) is 30.4 Å². The number of halogens is 2. The zero-order valence-corrected chi connectivity index (χ0v) is 10.9. The summed E-state index contributed by atoms with van der Waals surface area (Å²) in [5.74, 6) is -0.177. The van der Waals surface area contributed by atoms with Gasteiger partial charge in [-0.15, -0.1) is 0 Å². The molecule has 0 saturated heterocycles. The first-order chi connectivity index (χ1) is 8.04. The SMILES string of the molecule is COCC(C)CC(O)Cc1cccc(F)c1Cl. The topological polar surface area (TPSA) is 29.5 Å². The molecule has 0 bridgehead atoms. The molecule has 1 rings (SSSR count). The first-order valence-electron chi connectivity index (χ1n) is 5.64. The highest BCUT2D eigenvalue weighted by atomic mass is 35.5. The minimum absolute atomic E-state index is 0.103. The quantitative estimate of drug-likeness (QED) is 0.852. The lowest BCUT2D eigenvalue weighted by Gasteiger charge is -2.16. The highest BCUT2D eigenvalue weighted by Gasteiger charge is 2.14. The Morgan fingerprint density at radius 3 is 2.82 bits per heavy atom. The molecular formula is C13H18ClFO2. The maximum Gasteiger partial charge on any atom is 0.142 e. The van der Waals surface area contributed by atoms with Crippen molar-refractivity contribution in [3.63, 3.8) is 0 Å². The highest BCUT2D eigenvalue weighted by molar-refractivity contribution is 6.31. The van der Waals surface area contributed by atoms with Gasteiger partial charge >= 0.3 is 0 Å². The summed E-state index contributed by atoms with van der Waals surface area (Å²) in [5, 5.41) is 9.98. The summed E-state index contributed by atoms with van der Waals surface area (Å²) >= 11 is 5.82. The second kappa shape index (κ2) is 6.94. The number of benzene rings is 1. The van der Waals surface area contributed by atoms with Crippen LogP contribution in [0.15, 0.2) is 18.2 Å². The Balaban J connectivity index is 2.56. The summed E-state index contributed by atoms with van der Waals surface area (Å²) in [4.78, 5) is 0. The van der Waals surface area contributed by atoms with Gasteiger partial charge in [0.15, 0.2) is 0 Å². The molecule has 0 fully saturated rings. The van der Waals surface area contributed by atoms with Gasteiger partial charge in [-0.3, -0.25) is 0 Å². The van der Waals surface area contributed by atoms with Gasteiger partial charge in [-0.2, -0.15) is 0 Å². The van der Waals surface area contributed by atoms with Gasteiger partial charge < -0.3 is 9.84 Å². The fourth-order valence-electron chi connectivity index (χ4n) is 1.86. The number of ether oxygens (including phenoxy) is 1. The summed E-state index contributed by atoms with van der Waals surface area (Å²) in [6, 6.07) is 4.64. The van der Waals surface area contributed by atoms with E-state index >= 15 is 0 Å². The lowest BCUT2D eigenvalue weighted by atomic mass is 9.99. The Hall–Kier alpha value is -0.640. The molecule has 0 radical (unpaired) electrons. The standard InChI is InChI=1S/C13H18ClFO2/c1-9(8-17-2)6-11(16)7-10-4-3-5-12(15)13(10)14/h3-5,9,11,16H,6-8H2,1-2H3. The summed E-state index contributed by atoms with van der Waals surface area (Å²) in [6.45, 7) is 2.61. The molecule has 17 heavy (non-hydrogen) atoms. The van der Waals surface area contributed by atoms with Gasteiger partial charge in [0, 0.05) is 13.7 Å². The van der Waals surface area contributed by atoms with E-state index in [-0.39, 0.29) is 10.9 Å². The van der Waals surface area contributed by atoms with E-state index in [1.54, 1.807) is 19.2 Å². The van der Waals surface area contributed by atoms with Crippen molar-refractivity contribution < 1.29 is 14.2 Å². The molecule has 1 aromatic carbocycles. The third-order valence-corrected chi connectivity index (χ3v) is 3.04. The minimum Gasteiger partial charge on any atom is -0.393 e. The Morgan fingerprint density at radius 1 is 1.47 bits per heavy atom. The van der Waals surface area contributed by atoms with Crippen molar-refractivity contribution in [1.29, 1.82) is 0 Å². The molecule has 2 nitrogen and oxygen atoms in total. The van der Waals surface area contributed by atoms with Crippen LogP contribution in [0.5, 0.6) is 0 Å². The maximum atomic E-state index is 13.2. The molecule has 0 aliphatic carbocycles. The molecule has 0 saturated carbocycles. The van der Waals surface area contributed by atoms with E-state index in [9.17, 15) is 9.50 Å². The van der Waals surface area contributed by atoms with Crippen LogP contribution in [0.1, 0.15) is 18.9 Å². The molecular weight excluding hydrogens is 243 g/mol. The fourth-order valence-corrected chi connectivity index (χ4v) is 2.06. The average molecular weight is 261 g/mol. The summed E-state index contributed by atoms with van der Waals surface area (Å²) in [5.41, 5.74) is 0.642. The number of methoxy groups -OCH3 is 1. The van der Waals surface area contributed by atoms with Crippen LogP contribution in [0.4, 0.5) is 4.39 Å². The molecule has 1 aromatic rings. The molecule has 4 heteroatoms. The highest BCUT2D eigenvalue weighted by Crippen LogP contribution is 2.22. The van der Waals surface area contributed by atoms with Crippen molar-refractivity contribution in [2.45, 2.75) is 25.9 Å². The van der Waals surface area contributed by atoms with Crippen LogP contribution in [0.3, 0.4) is 0 Å². The second-order valence-corrected chi connectivity index (χ2v) is 4.75. The fraction of sp³-hybridized carbons (Fsp3) is 0.538. The normalized spacial score (nSPS) is 14.6. The minimum atomic E-state index is -0.528. The van der Waals surface area contributed by atoms with Crippen molar-refractivity contribution in [3.05, 3.63) is 34.6 Å². The van der Waals surface area contributed by atoms with Crippen molar-refractivity contribution in [1.82, 2.24) is 0 Å². The predicted octanol–water partition coefficient (Wildman–Crippen LogP) is 3.06. The van der Waals surface area contributed by atoms with E-state index in [4.69, 9.17) is 16.3 Å². The van der Waals surface area contributed by atoms with Crippen molar-refractivity contribution in [2.24, 2.45) is 5.92 Å². The lowest BCUT2D eigenvalue weighted by molar-refractivity contribution is 0.102. The van der Waals surface area contributed by atoms with Crippen LogP contribution in [-0.4, -0.2) is 24.9 Å². The van der Waals surface area contributed by atoms with E-state index in [2.05, 4.69) is 0 Å². The van der Waals surface area contributed by atoms with Crippen LogP contribution >= 0.6 is 11.6 Å². The van der Waals surface area contributed by atoms with Crippen molar-refractivity contribution >= 4 is 11.6 Å². The predicted molar refractivity (Wildman–Crippen MR) is 66.8 cm³/mol. The number of aliphatic hydroxyl groups excluding tert-OH is 1. The van der Waals surface area contributed by atoms with Crippen LogP contribution in [0.25, 0.3) is 0 Å². The molecule has 0 aromatic heterocycles. The van der Waals surface area contributed by atoms with Crippen LogP contribution < -0.4 is 0 Å². The van der Waals surface area contributed by atoms with Crippen molar-refractivity contribution in [2.75, 3.05) is 13.7 Å².